The molecule has 2 aromatic carbocycles. The van der Waals surface area contributed by atoms with Crippen LogP contribution in [0.2, 0.25) is 0 Å². The second-order valence-electron chi connectivity index (χ2n) is 8.01. The summed E-state index contributed by atoms with van der Waals surface area (Å²) in [5.74, 6) is 0.316. The zero-order valence-electron chi connectivity index (χ0n) is 18.8. The molecule has 0 bridgehead atoms. The Labute approximate surface area is 204 Å². The van der Waals surface area contributed by atoms with Crippen LogP contribution in [0, 0.1) is 15.3 Å². The molecule has 1 aliphatic heterocycles. The van der Waals surface area contributed by atoms with Crippen LogP contribution in [0.4, 0.5) is 0 Å². The predicted octanol–water partition coefficient (Wildman–Crippen LogP) is 3.21. The molecule has 35 heavy (non-hydrogen) atoms. The zero-order valence-corrected chi connectivity index (χ0v) is 19.6. The lowest BCUT2D eigenvalue weighted by Gasteiger charge is -2.11. The van der Waals surface area contributed by atoms with Gasteiger partial charge in [0.2, 0.25) is 11.7 Å². The minimum Gasteiger partial charge on any atom is -0.494 e. The van der Waals surface area contributed by atoms with E-state index in [9.17, 15) is 9.90 Å². The van der Waals surface area contributed by atoms with Gasteiger partial charge in [0.05, 0.1) is 0 Å². The predicted molar refractivity (Wildman–Crippen MR) is 133 cm³/mol. The SMILES string of the molecule is Cn1c(=Cc2c(O)n(CCc3ccccc3)c(=S)[nH]c2=O)ccc1=c1ccc(=C2N=NN=N2)cc1. The van der Waals surface area contributed by atoms with Gasteiger partial charge in [-0.3, -0.25) is 14.3 Å². The minimum atomic E-state index is -0.438. The van der Waals surface area contributed by atoms with Crippen LogP contribution in [0.25, 0.3) is 11.9 Å². The molecule has 5 rings (SSSR count). The number of aryl methyl sites for hydroxylation is 1. The number of nitrogens with zero attached hydrogens (tertiary/aromatic N) is 6. The van der Waals surface area contributed by atoms with Crippen molar-refractivity contribution < 1.29 is 5.11 Å². The van der Waals surface area contributed by atoms with Gasteiger partial charge in [0.15, 0.2) is 4.77 Å². The standard InChI is InChI=1S/C25H21N7O2S/c1-31-19(11-12-21(31)17-7-9-18(10-8-17)22-27-29-30-28-22)15-20-23(33)26-25(35)32(24(20)34)14-13-16-5-3-2-4-6-16/h2-12,15,34H,13-14H2,1H3,(H,26,33,35). The third-order valence-corrected chi connectivity index (χ3v) is 6.21. The Morgan fingerprint density at radius 3 is 2.37 bits per heavy atom. The van der Waals surface area contributed by atoms with E-state index in [1.165, 1.54) is 0 Å². The molecule has 2 aromatic heterocycles. The highest BCUT2D eigenvalue weighted by atomic mass is 32.1. The number of aromatic hydroxyl groups is 1. The first-order chi connectivity index (χ1) is 17.0. The lowest BCUT2D eigenvalue weighted by atomic mass is 10.1. The van der Waals surface area contributed by atoms with E-state index in [2.05, 4.69) is 25.7 Å². The van der Waals surface area contributed by atoms with Crippen molar-refractivity contribution in [1.82, 2.24) is 14.1 Å². The monoisotopic (exact) mass is 483 g/mol. The smallest absolute Gasteiger partial charge is 0.262 e. The van der Waals surface area contributed by atoms with Crippen molar-refractivity contribution >= 4 is 24.1 Å². The Morgan fingerprint density at radius 1 is 0.971 bits per heavy atom. The summed E-state index contributed by atoms with van der Waals surface area (Å²) in [7, 11) is 1.90. The molecular formula is C25H21N7O2S. The van der Waals surface area contributed by atoms with E-state index in [-0.39, 0.29) is 16.2 Å². The van der Waals surface area contributed by atoms with Gasteiger partial charge in [0.25, 0.3) is 5.56 Å². The summed E-state index contributed by atoms with van der Waals surface area (Å²) in [6, 6.07) is 21.5. The average Bonchev–Trinajstić information content (AvgIpc) is 3.53. The molecule has 2 N–H and O–H groups in total. The molecule has 9 nitrogen and oxygen atoms in total. The van der Waals surface area contributed by atoms with E-state index < -0.39 is 5.56 Å². The van der Waals surface area contributed by atoms with Gasteiger partial charge in [-0.2, -0.15) is 0 Å². The fourth-order valence-electron chi connectivity index (χ4n) is 3.96. The highest BCUT2D eigenvalue weighted by molar-refractivity contribution is 7.71. The molecule has 174 valence electrons. The Balaban J connectivity index is 1.57. The minimum absolute atomic E-state index is 0.154. The van der Waals surface area contributed by atoms with Crippen LogP contribution < -0.4 is 16.1 Å². The van der Waals surface area contributed by atoms with Crippen molar-refractivity contribution in [3.8, 4) is 5.88 Å². The number of rotatable bonds is 4. The Kier molecular flexibility index (Phi) is 6.02. The summed E-state index contributed by atoms with van der Waals surface area (Å²) in [6.07, 6.45) is 2.33. The lowest BCUT2D eigenvalue weighted by molar-refractivity contribution is 0.402. The van der Waals surface area contributed by atoms with Crippen LogP contribution in [0.15, 0.2) is 92.2 Å². The second kappa shape index (κ2) is 9.43. The van der Waals surface area contributed by atoms with E-state index in [0.717, 1.165) is 26.7 Å². The van der Waals surface area contributed by atoms with Gasteiger partial charge in [-0.05, 0) is 58.1 Å². The molecule has 4 aromatic rings. The number of hydrogen-bond donors (Lipinski definition) is 2. The van der Waals surface area contributed by atoms with Gasteiger partial charge in [-0.25, -0.2) is 0 Å². The first-order valence-corrected chi connectivity index (χ1v) is 11.3. The van der Waals surface area contributed by atoms with E-state index >= 15 is 0 Å². The molecule has 0 unspecified atom stereocenters. The van der Waals surface area contributed by atoms with Crippen molar-refractivity contribution in [2.75, 3.05) is 0 Å². The maximum absolute atomic E-state index is 12.7. The van der Waals surface area contributed by atoms with Crippen LogP contribution in [0.1, 0.15) is 11.1 Å². The maximum Gasteiger partial charge on any atom is 0.262 e. The summed E-state index contributed by atoms with van der Waals surface area (Å²) in [5, 5.41) is 29.2. The van der Waals surface area contributed by atoms with E-state index in [4.69, 9.17) is 12.2 Å². The summed E-state index contributed by atoms with van der Waals surface area (Å²) in [4.78, 5) is 15.4. The summed E-state index contributed by atoms with van der Waals surface area (Å²) in [6.45, 7) is 0.440. The number of aromatic nitrogens is 3. The number of H-pyrrole nitrogens is 1. The molecule has 0 saturated heterocycles. The van der Waals surface area contributed by atoms with Crippen molar-refractivity contribution in [3.05, 3.63) is 114 Å². The van der Waals surface area contributed by atoms with Gasteiger partial charge in [-0.1, -0.05) is 54.6 Å². The molecule has 0 atom stereocenters. The molecule has 0 amide bonds. The van der Waals surface area contributed by atoms with Gasteiger partial charge >= 0.3 is 0 Å². The topological polar surface area (TPSA) is 112 Å². The van der Waals surface area contributed by atoms with E-state index in [1.54, 1.807) is 10.6 Å². The van der Waals surface area contributed by atoms with Crippen LogP contribution in [0.3, 0.4) is 0 Å². The molecule has 1 aliphatic rings. The van der Waals surface area contributed by atoms with Crippen LogP contribution in [0.5, 0.6) is 5.88 Å². The first-order valence-electron chi connectivity index (χ1n) is 10.9. The molecule has 3 heterocycles. The second-order valence-corrected chi connectivity index (χ2v) is 8.40. The van der Waals surface area contributed by atoms with Crippen molar-refractivity contribution in [2.45, 2.75) is 13.0 Å². The Hall–Kier alpha value is -4.44. The van der Waals surface area contributed by atoms with Gasteiger partial charge in [-0.15, -0.1) is 10.2 Å². The summed E-state index contributed by atoms with van der Waals surface area (Å²) in [5.41, 5.74) is 0.830. The van der Waals surface area contributed by atoms with E-state index in [1.807, 2.05) is 78.3 Å². The number of nitrogens with one attached hydrogen (secondary N) is 1. The van der Waals surface area contributed by atoms with Gasteiger partial charge in [0.1, 0.15) is 5.56 Å². The molecule has 10 heteroatoms. The highest BCUT2D eigenvalue weighted by Crippen LogP contribution is 2.15. The largest absolute Gasteiger partial charge is 0.494 e. The fraction of sp³-hybridized carbons (Fsp3) is 0.120. The van der Waals surface area contributed by atoms with Crippen LogP contribution in [-0.2, 0) is 20.0 Å². The Bertz CT molecular complexity index is 1780. The van der Waals surface area contributed by atoms with Crippen molar-refractivity contribution in [3.63, 3.8) is 0 Å². The normalized spacial score (nSPS) is 13.2. The summed E-state index contributed by atoms with van der Waals surface area (Å²) >= 11 is 5.31. The number of aromatic amines is 1. The number of hydrogen-bond acceptors (Lipinski definition) is 7. The Morgan fingerprint density at radius 2 is 1.66 bits per heavy atom. The van der Waals surface area contributed by atoms with Gasteiger partial charge in [0, 0.05) is 29.5 Å². The highest BCUT2D eigenvalue weighted by Gasteiger charge is 2.11. The first kappa shape index (κ1) is 22.4. The fourth-order valence-corrected chi connectivity index (χ4v) is 4.23. The number of benzene rings is 2. The van der Waals surface area contributed by atoms with Crippen molar-refractivity contribution in [1.29, 1.82) is 0 Å². The third-order valence-electron chi connectivity index (χ3n) is 5.88. The molecular weight excluding hydrogens is 462 g/mol. The van der Waals surface area contributed by atoms with Crippen LogP contribution >= 0.6 is 12.2 Å². The maximum atomic E-state index is 12.7. The molecule has 0 radical (unpaired) electrons. The van der Waals surface area contributed by atoms with Gasteiger partial charge < -0.3 is 9.67 Å². The van der Waals surface area contributed by atoms with Crippen molar-refractivity contribution in [2.24, 2.45) is 27.7 Å². The summed E-state index contributed by atoms with van der Waals surface area (Å²) < 4.78 is 3.69. The van der Waals surface area contributed by atoms with Crippen LogP contribution in [-0.4, -0.2) is 19.2 Å². The molecule has 0 aliphatic carbocycles. The molecule has 0 spiro atoms. The average molecular weight is 484 g/mol. The third kappa shape index (κ3) is 4.51. The van der Waals surface area contributed by atoms with E-state index in [0.29, 0.717) is 18.8 Å². The quantitative estimate of drug-likeness (QED) is 0.435. The molecule has 0 fully saturated rings. The zero-order chi connectivity index (χ0) is 24.4. The molecule has 0 saturated carbocycles. The lowest BCUT2D eigenvalue weighted by Crippen LogP contribution is -2.20.